The molecule has 9 nitrogen and oxygen atoms in total. The first kappa shape index (κ1) is 28.2. The van der Waals surface area contributed by atoms with E-state index in [1.807, 2.05) is 30.3 Å². The molecule has 0 aliphatic carbocycles. The first-order valence-electron chi connectivity index (χ1n) is 13.0. The molecule has 1 N–H and O–H groups in total. The molecule has 212 valence electrons. The van der Waals surface area contributed by atoms with Crippen molar-refractivity contribution in [2.75, 3.05) is 5.32 Å². The fourth-order valence-corrected chi connectivity index (χ4v) is 4.58. The Kier molecular flexibility index (Phi) is 7.80. The number of benzene rings is 2. The van der Waals surface area contributed by atoms with Crippen molar-refractivity contribution in [1.82, 2.24) is 23.9 Å². The Morgan fingerprint density at radius 2 is 1.76 bits per heavy atom. The van der Waals surface area contributed by atoms with Crippen molar-refractivity contribution in [3.05, 3.63) is 116 Å². The number of hydrogen-bond acceptors (Lipinski definition) is 6. The van der Waals surface area contributed by atoms with Crippen LogP contribution in [0.15, 0.2) is 70.4 Å². The molecule has 0 spiro atoms. The van der Waals surface area contributed by atoms with Crippen LogP contribution in [0.3, 0.4) is 0 Å². The molecule has 0 radical (unpaired) electrons. The van der Waals surface area contributed by atoms with Crippen LogP contribution in [0.4, 0.5) is 20.4 Å². The Labute approximate surface area is 239 Å². The number of carbonyl (C=O) groups is 1. The highest BCUT2D eigenvalue weighted by atomic mass is 19.2. The van der Waals surface area contributed by atoms with E-state index in [0.29, 0.717) is 28.2 Å². The van der Waals surface area contributed by atoms with E-state index in [0.717, 1.165) is 17.8 Å². The van der Waals surface area contributed by atoms with Gasteiger partial charge in [0, 0.05) is 49.9 Å². The minimum absolute atomic E-state index is 0.0144. The van der Waals surface area contributed by atoms with E-state index in [1.54, 1.807) is 33.3 Å². The molecule has 0 aliphatic heterocycles. The molecule has 0 amide bonds. The average molecular weight is 569 g/mol. The number of Topliss-reactive ketones (excluding diaryl/α,β-unsaturated/α-hetero) is 1. The second-order valence-electron chi connectivity index (χ2n) is 9.71. The zero-order chi connectivity index (χ0) is 30.0. The number of para-hydroxylation sites is 1. The van der Waals surface area contributed by atoms with Gasteiger partial charge in [-0.1, -0.05) is 36.1 Å². The van der Waals surface area contributed by atoms with Crippen LogP contribution in [-0.4, -0.2) is 29.7 Å². The van der Waals surface area contributed by atoms with E-state index in [2.05, 4.69) is 27.1 Å². The lowest BCUT2D eigenvalue weighted by molar-refractivity contribution is 0.0982. The van der Waals surface area contributed by atoms with Gasteiger partial charge in [0.25, 0.3) is 11.1 Å². The van der Waals surface area contributed by atoms with Crippen molar-refractivity contribution in [2.45, 2.75) is 26.3 Å². The van der Waals surface area contributed by atoms with Crippen molar-refractivity contribution in [3.63, 3.8) is 0 Å². The SMILES string of the molecule is Cc1c(C(=O)CCC#Cc2cc3cnc(Nc4ccccc4)nc3n(C)c2=O)c(=O)n(Cc2ccc(F)c(F)c2)n1C. The quantitative estimate of drug-likeness (QED) is 0.233. The number of nitrogens with zero attached hydrogens (tertiary/aromatic N) is 5. The molecule has 0 fully saturated rings. The van der Waals surface area contributed by atoms with E-state index in [9.17, 15) is 23.2 Å². The number of rotatable bonds is 7. The lowest BCUT2D eigenvalue weighted by Gasteiger charge is -2.08. The highest BCUT2D eigenvalue weighted by molar-refractivity contribution is 5.97. The maximum atomic E-state index is 13.6. The summed E-state index contributed by atoms with van der Waals surface area (Å²) in [6.07, 6.45) is 1.68. The molecular weight excluding hydrogens is 542 g/mol. The van der Waals surface area contributed by atoms with Crippen LogP contribution in [-0.2, 0) is 20.6 Å². The summed E-state index contributed by atoms with van der Waals surface area (Å²) >= 11 is 0. The summed E-state index contributed by atoms with van der Waals surface area (Å²) in [5.41, 5.74) is 1.46. The van der Waals surface area contributed by atoms with Gasteiger partial charge in [0.05, 0.1) is 12.1 Å². The molecule has 0 saturated heterocycles. The number of nitrogens with one attached hydrogen (secondary N) is 1. The van der Waals surface area contributed by atoms with Crippen LogP contribution in [0, 0.1) is 30.4 Å². The summed E-state index contributed by atoms with van der Waals surface area (Å²) in [4.78, 5) is 47.8. The Balaban J connectivity index is 1.31. The molecule has 5 aromatic rings. The Bertz CT molecular complexity index is 2020. The van der Waals surface area contributed by atoms with Crippen LogP contribution in [0.5, 0.6) is 0 Å². The maximum absolute atomic E-state index is 13.6. The first-order valence-corrected chi connectivity index (χ1v) is 13.0. The lowest BCUT2D eigenvalue weighted by Crippen LogP contribution is -2.25. The van der Waals surface area contributed by atoms with E-state index < -0.39 is 23.0 Å². The van der Waals surface area contributed by atoms with Crippen molar-refractivity contribution < 1.29 is 13.6 Å². The molecule has 0 aliphatic rings. The highest BCUT2D eigenvalue weighted by Crippen LogP contribution is 2.16. The normalized spacial score (nSPS) is 10.9. The minimum atomic E-state index is -1.01. The van der Waals surface area contributed by atoms with Gasteiger partial charge in [0.1, 0.15) is 11.2 Å². The fraction of sp³-hybridized carbons (Fsp3) is 0.194. The second-order valence-corrected chi connectivity index (χ2v) is 9.71. The Morgan fingerprint density at radius 1 is 1.00 bits per heavy atom. The van der Waals surface area contributed by atoms with Crippen LogP contribution in [0.2, 0.25) is 0 Å². The topological polar surface area (TPSA) is 104 Å². The van der Waals surface area contributed by atoms with Crippen molar-refractivity contribution >= 4 is 28.5 Å². The standard InChI is InChI=1S/C31H26F2N6O3/c1-19-27(30(42)39(38(19)3)18-20-13-14-24(32)25(33)15-20)26(40)12-8-7-9-21-16-22-17-34-31(35-23-10-5-4-6-11-23)36-28(22)37(2)29(21)41/h4-6,10-11,13-17H,8,12,18H2,1-3H3,(H,34,35,36). The molecule has 0 bridgehead atoms. The number of ketones is 1. The van der Waals surface area contributed by atoms with Gasteiger partial charge in [-0.05, 0) is 42.8 Å². The van der Waals surface area contributed by atoms with Gasteiger partial charge < -0.3 is 5.32 Å². The molecule has 5 rings (SSSR count). The van der Waals surface area contributed by atoms with Crippen LogP contribution in [0.25, 0.3) is 11.0 Å². The van der Waals surface area contributed by atoms with Gasteiger partial charge in [-0.15, -0.1) is 0 Å². The van der Waals surface area contributed by atoms with E-state index in [-0.39, 0.29) is 36.1 Å². The van der Waals surface area contributed by atoms with Crippen molar-refractivity contribution in [1.29, 1.82) is 0 Å². The van der Waals surface area contributed by atoms with Crippen LogP contribution >= 0.6 is 0 Å². The number of pyridine rings is 1. The molecule has 3 aromatic heterocycles. The zero-order valence-electron chi connectivity index (χ0n) is 23.1. The number of aromatic nitrogens is 5. The van der Waals surface area contributed by atoms with Gasteiger partial charge in [-0.2, -0.15) is 4.98 Å². The van der Waals surface area contributed by atoms with Crippen LogP contribution in [0.1, 0.15) is 40.0 Å². The molecule has 0 unspecified atom stereocenters. The largest absolute Gasteiger partial charge is 0.324 e. The number of carbonyl (C=O) groups excluding carboxylic acids is 1. The summed E-state index contributed by atoms with van der Waals surface area (Å²) in [6, 6.07) is 14.4. The predicted octanol–water partition coefficient (Wildman–Crippen LogP) is 4.22. The maximum Gasteiger partial charge on any atom is 0.278 e. The number of anilines is 2. The van der Waals surface area contributed by atoms with Gasteiger partial charge in [-0.3, -0.25) is 23.6 Å². The van der Waals surface area contributed by atoms with Crippen molar-refractivity contribution in [2.24, 2.45) is 14.1 Å². The Morgan fingerprint density at radius 3 is 2.50 bits per heavy atom. The molecular formula is C31H26F2N6O3. The Hall–Kier alpha value is -5.37. The molecule has 0 saturated carbocycles. The molecule has 2 aromatic carbocycles. The van der Waals surface area contributed by atoms with E-state index in [1.165, 1.54) is 20.0 Å². The number of halogens is 2. The fourth-order valence-electron chi connectivity index (χ4n) is 4.58. The zero-order valence-corrected chi connectivity index (χ0v) is 23.1. The molecule has 3 heterocycles. The van der Waals surface area contributed by atoms with Crippen LogP contribution < -0.4 is 16.4 Å². The minimum Gasteiger partial charge on any atom is -0.324 e. The summed E-state index contributed by atoms with van der Waals surface area (Å²) in [7, 11) is 3.22. The summed E-state index contributed by atoms with van der Waals surface area (Å²) < 4.78 is 31.1. The number of fused-ring (bicyclic) bond motifs is 1. The molecule has 42 heavy (non-hydrogen) atoms. The third-order valence-corrected chi connectivity index (χ3v) is 6.93. The lowest BCUT2D eigenvalue weighted by atomic mass is 10.1. The van der Waals surface area contributed by atoms with Crippen molar-refractivity contribution in [3.8, 4) is 11.8 Å². The summed E-state index contributed by atoms with van der Waals surface area (Å²) in [5, 5.41) is 3.72. The second kappa shape index (κ2) is 11.6. The van der Waals surface area contributed by atoms with Gasteiger partial charge >= 0.3 is 0 Å². The smallest absolute Gasteiger partial charge is 0.278 e. The number of hydrogen-bond donors (Lipinski definition) is 1. The predicted molar refractivity (Wildman–Crippen MR) is 155 cm³/mol. The summed E-state index contributed by atoms with van der Waals surface area (Å²) in [5.74, 6) is 3.65. The van der Waals surface area contributed by atoms with E-state index in [4.69, 9.17) is 0 Å². The first-order chi connectivity index (χ1) is 20.1. The van der Waals surface area contributed by atoms with Gasteiger partial charge in [-0.25, -0.2) is 18.4 Å². The molecule has 11 heteroatoms. The number of aryl methyl sites for hydroxylation is 1. The molecule has 0 atom stereocenters. The monoisotopic (exact) mass is 568 g/mol. The van der Waals surface area contributed by atoms with Gasteiger partial charge in [0.2, 0.25) is 5.95 Å². The average Bonchev–Trinajstić information content (AvgIpc) is 3.19. The third kappa shape index (κ3) is 5.60. The summed E-state index contributed by atoms with van der Waals surface area (Å²) in [6.45, 7) is 1.61. The highest BCUT2D eigenvalue weighted by Gasteiger charge is 2.21. The third-order valence-electron chi connectivity index (χ3n) is 6.93. The van der Waals surface area contributed by atoms with E-state index >= 15 is 0 Å². The van der Waals surface area contributed by atoms with Gasteiger partial charge in [0.15, 0.2) is 17.4 Å².